The highest BCUT2D eigenvalue weighted by Crippen LogP contribution is 2.20. The van der Waals surface area contributed by atoms with E-state index >= 15 is 0 Å². The molecule has 2 N–H and O–H groups in total. The maximum Gasteiger partial charge on any atom is 0.165 e. The summed E-state index contributed by atoms with van der Waals surface area (Å²) in [5, 5.41) is 0.925. The molecule has 0 saturated carbocycles. The number of hydrogen-bond donors (Lipinski definition) is 1. The van der Waals surface area contributed by atoms with Crippen molar-refractivity contribution in [3.05, 3.63) is 45.7 Å². The van der Waals surface area contributed by atoms with Gasteiger partial charge in [0.2, 0.25) is 0 Å². The van der Waals surface area contributed by atoms with Crippen molar-refractivity contribution < 1.29 is 13.9 Å². The minimum Gasteiger partial charge on any atom is -0.490 e. The van der Waals surface area contributed by atoms with Crippen molar-refractivity contribution in [3.8, 4) is 5.75 Å². The van der Waals surface area contributed by atoms with Crippen molar-refractivity contribution in [1.29, 1.82) is 0 Å². The molecule has 1 aromatic heterocycles. The Bertz CT molecular complexity index is 560. The number of nitrogens with zero attached hydrogens (tertiary/aromatic N) is 1. The minimum absolute atomic E-state index is 0.264. The number of methoxy groups -OCH3 is 1. The molecule has 0 bridgehead atoms. The second-order valence-corrected chi connectivity index (χ2v) is 5.31. The standard InChI is InChI=1S/C14H17FN2O2S/c1-18-9-11-13(8-16)20-14(17-11)6-7-19-12-5-3-2-4-10(12)15/h2-5H,6-9,16H2,1H3. The van der Waals surface area contributed by atoms with E-state index in [1.165, 1.54) is 6.07 Å². The second-order valence-electron chi connectivity index (χ2n) is 4.14. The lowest BCUT2D eigenvalue weighted by atomic mass is 10.3. The van der Waals surface area contributed by atoms with Crippen LogP contribution in [-0.4, -0.2) is 18.7 Å². The quantitative estimate of drug-likeness (QED) is 0.853. The van der Waals surface area contributed by atoms with Crippen molar-refractivity contribution in [2.45, 2.75) is 19.6 Å². The molecule has 1 aromatic carbocycles. The Balaban J connectivity index is 1.92. The molecule has 0 spiro atoms. The molecule has 0 aliphatic heterocycles. The van der Waals surface area contributed by atoms with E-state index in [9.17, 15) is 4.39 Å². The van der Waals surface area contributed by atoms with Crippen molar-refractivity contribution in [1.82, 2.24) is 4.98 Å². The van der Waals surface area contributed by atoms with Crippen LogP contribution in [0.1, 0.15) is 15.6 Å². The minimum atomic E-state index is -0.352. The summed E-state index contributed by atoms with van der Waals surface area (Å²) in [5.41, 5.74) is 6.54. The van der Waals surface area contributed by atoms with Gasteiger partial charge in [-0.2, -0.15) is 0 Å². The summed E-state index contributed by atoms with van der Waals surface area (Å²) < 4.78 is 23.9. The van der Waals surface area contributed by atoms with E-state index in [2.05, 4.69) is 4.98 Å². The Hall–Kier alpha value is -1.50. The molecular weight excluding hydrogens is 279 g/mol. The maximum atomic E-state index is 13.4. The number of rotatable bonds is 7. The van der Waals surface area contributed by atoms with Gasteiger partial charge in [-0.3, -0.25) is 0 Å². The van der Waals surface area contributed by atoms with Crippen LogP contribution < -0.4 is 10.5 Å². The van der Waals surface area contributed by atoms with Crippen molar-refractivity contribution in [2.75, 3.05) is 13.7 Å². The molecule has 0 fully saturated rings. The van der Waals surface area contributed by atoms with E-state index in [4.69, 9.17) is 15.2 Å². The third-order valence-corrected chi connectivity index (χ3v) is 3.88. The normalized spacial score (nSPS) is 10.8. The van der Waals surface area contributed by atoms with Gasteiger partial charge in [0.05, 0.1) is 23.9 Å². The number of para-hydroxylation sites is 1. The van der Waals surface area contributed by atoms with Crippen molar-refractivity contribution >= 4 is 11.3 Å². The van der Waals surface area contributed by atoms with E-state index in [0.29, 0.717) is 26.2 Å². The Morgan fingerprint density at radius 1 is 1.35 bits per heavy atom. The van der Waals surface area contributed by atoms with E-state index in [1.54, 1.807) is 36.6 Å². The molecule has 0 unspecified atom stereocenters. The highest BCUT2D eigenvalue weighted by molar-refractivity contribution is 7.11. The number of nitrogens with two attached hydrogens (primary N) is 1. The number of thiazole rings is 1. The molecule has 6 heteroatoms. The predicted molar refractivity (Wildman–Crippen MR) is 76.3 cm³/mol. The zero-order chi connectivity index (χ0) is 14.4. The Morgan fingerprint density at radius 2 is 2.15 bits per heavy atom. The van der Waals surface area contributed by atoms with E-state index in [0.717, 1.165) is 15.6 Å². The Labute approximate surface area is 121 Å². The first kappa shape index (κ1) is 14.9. The van der Waals surface area contributed by atoms with Crippen LogP contribution >= 0.6 is 11.3 Å². The van der Waals surface area contributed by atoms with Gasteiger partial charge in [-0.25, -0.2) is 9.37 Å². The third kappa shape index (κ3) is 3.75. The number of ether oxygens (including phenoxy) is 2. The van der Waals surface area contributed by atoms with Gasteiger partial charge < -0.3 is 15.2 Å². The lowest BCUT2D eigenvalue weighted by Crippen LogP contribution is -2.02. The van der Waals surface area contributed by atoms with Crippen LogP contribution in [0.15, 0.2) is 24.3 Å². The second kappa shape index (κ2) is 7.33. The van der Waals surface area contributed by atoms with Gasteiger partial charge in [0.15, 0.2) is 11.6 Å². The zero-order valence-electron chi connectivity index (χ0n) is 11.3. The monoisotopic (exact) mass is 296 g/mol. The molecule has 0 aliphatic carbocycles. The molecule has 0 saturated heterocycles. The van der Waals surface area contributed by atoms with Crippen LogP contribution in [0.4, 0.5) is 4.39 Å². The smallest absolute Gasteiger partial charge is 0.165 e. The van der Waals surface area contributed by atoms with Crippen LogP contribution in [-0.2, 0) is 24.3 Å². The van der Waals surface area contributed by atoms with Crippen molar-refractivity contribution in [2.24, 2.45) is 5.73 Å². The molecule has 4 nitrogen and oxygen atoms in total. The molecule has 1 heterocycles. The van der Waals surface area contributed by atoms with Gasteiger partial charge in [-0.1, -0.05) is 12.1 Å². The summed E-state index contributed by atoms with van der Waals surface area (Å²) in [6.45, 7) is 1.28. The molecule has 108 valence electrons. The van der Waals surface area contributed by atoms with Gasteiger partial charge in [-0.15, -0.1) is 11.3 Å². The van der Waals surface area contributed by atoms with Crippen LogP contribution in [0.25, 0.3) is 0 Å². The summed E-state index contributed by atoms with van der Waals surface area (Å²) in [7, 11) is 1.63. The van der Waals surface area contributed by atoms with Crippen LogP contribution in [0.5, 0.6) is 5.75 Å². The lowest BCUT2D eigenvalue weighted by molar-refractivity contribution is 0.181. The Morgan fingerprint density at radius 3 is 2.85 bits per heavy atom. The van der Waals surface area contributed by atoms with E-state index in [-0.39, 0.29) is 11.6 Å². The van der Waals surface area contributed by atoms with Crippen molar-refractivity contribution in [3.63, 3.8) is 0 Å². The summed E-state index contributed by atoms with van der Waals surface area (Å²) in [6.07, 6.45) is 0.621. The van der Waals surface area contributed by atoms with Crippen LogP contribution in [0.2, 0.25) is 0 Å². The van der Waals surface area contributed by atoms with E-state index in [1.807, 2.05) is 0 Å². The fourth-order valence-corrected chi connectivity index (χ4v) is 2.69. The SMILES string of the molecule is COCc1nc(CCOc2ccccc2F)sc1CN. The van der Waals surface area contributed by atoms with Gasteiger partial charge in [0, 0.05) is 25.0 Å². The first-order valence-corrected chi connectivity index (χ1v) is 7.10. The number of aromatic nitrogens is 1. The van der Waals surface area contributed by atoms with Gasteiger partial charge in [0.1, 0.15) is 0 Å². The topological polar surface area (TPSA) is 57.4 Å². The predicted octanol–water partition coefficient (Wildman–Crippen LogP) is 2.51. The highest BCUT2D eigenvalue weighted by Gasteiger charge is 2.10. The fourth-order valence-electron chi connectivity index (χ4n) is 1.76. The Kier molecular flexibility index (Phi) is 5.46. The highest BCUT2D eigenvalue weighted by atomic mass is 32.1. The molecule has 0 radical (unpaired) electrons. The lowest BCUT2D eigenvalue weighted by Gasteiger charge is -2.05. The summed E-state index contributed by atoms with van der Waals surface area (Å²) in [6, 6.07) is 6.36. The van der Waals surface area contributed by atoms with Crippen LogP contribution in [0, 0.1) is 5.82 Å². The molecular formula is C14H17FN2O2S. The zero-order valence-corrected chi connectivity index (χ0v) is 12.1. The fraction of sp³-hybridized carbons (Fsp3) is 0.357. The van der Waals surface area contributed by atoms with E-state index < -0.39 is 0 Å². The summed E-state index contributed by atoms with van der Waals surface area (Å²) in [5.74, 6) is -0.0884. The first-order chi connectivity index (χ1) is 9.74. The molecule has 2 rings (SSSR count). The first-order valence-electron chi connectivity index (χ1n) is 6.28. The number of benzene rings is 1. The molecule has 0 aliphatic rings. The van der Waals surface area contributed by atoms with Gasteiger partial charge in [0.25, 0.3) is 0 Å². The summed E-state index contributed by atoms with van der Waals surface area (Å²) >= 11 is 1.55. The molecule has 20 heavy (non-hydrogen) atoms. The molecule has 2 aromatic rings. The molecule has 0 amide bonds. The third-order valence-electron chi connectivity index (χ3n) is 2.70. The van der Waals surface area contributed by atoms with Crippen LogP contribution in [0.3, 0.4) is 0 Å². The van der Waals surface area contributed by atoms with Gasteiger partial charge >= 0.3 is 0 Å². The average Bonchev–Trinajstić information content (AvgIpc) is 2.84. The largest absolute Gasteiger partial charge is 0.490 e. The number of hydrogen-bond acceptors (Lipinski definition) is 5. The molecule has 0 atom stereocenters. The summed E-state index contributed by atoms with van der Waals surface area (Å²) in [4.78, 5) is 5.49. The average molecular weight is 296 g/mol. The van der Waals surface area contributed by atoms with Gasteiger partial charge in [-0.05, 0) is 12.1 Å². The number of halogens is 1. The maximum absolute atomic E-state index is 13.4.